The van der Waals surface area contributed by atoms with E-state index in [4.69, 9.17) is 15.2 Å². The van der Waals surface area contributed by atoms with E-state index in [0.29, 0.717) is 18.7 Å². The molecule has 0 aliphatic heterocycles. The first kappa shape index (κ1) is 21.7. The Morgan fingerprint density at radius 3 is 2.28 bits per heavy atom. The van der Waals surface area contributed by atoms with Crippen molar-refractivity contribution in [2.45, 2.75) is 65.2 Å². The first-order valence-corrected chi connectivity index (χ1v) is 8.50. The zero-order valence-corrected chi connectivity index (χ0v) is 16.8. The third-order valence-electron chi connectivity index (χ3n) is 4.77. The number of anilines is 1. The van der Waals surface area contributed by atoms with Crippen molar-refractivity contribution in [3.05, 3.63) is 24.3 Å². The van der Waals surface area contributed by atoms with Crippen molar-refractivity contribution in [2.24, 2.45) is 11.1 Å². The second-order valence-corrected chi connectivity index (χ2v) is 8.03. The molecule has 5 nitrogen and oxygen atoms in total. The van der Waals surface area contributed by atoms with Crippen molar-refractivity contribution >= 4 is 24.0 Å². The van der Waals surface area contributed by atoms with Crippen LogP contribution in [0.3, 0.4) is 0 Å². The fraction of sp³-hybridized carbons (Fsp3) is 0.632. The minimum Gasteiger partial charge on any atom is -0.488 e. The van der Waals surface area contributed by atoms with Crippen LogP contribution in [0.25, 0.3) is 0 Å². The molecular weight excluding hydrogens is 340 g/mol. The summed E-state index contributed by atoms with van der Waals surface area (Å²) in [6, 6.07) is 7.35. The summed E-state index contributed by atoms with van der Waals surface area (Å²) in [5, 5.41) is 2.92. The van der Waals surface area contributed by atoms with Crippen LogP contribution in [-0.2, 0) is 9.53 Å². The summed E-state index contributed by atoms with van der Waals surface area (Å²) in [5.41, 5.74) is 5.52. The number of amides is 1. The van der Waals surface area contributed by atoms with Crippen molar-refractivity contribution in [1.29, 1.82) is 0 Å². The second kappa shape index (κ2) is 7.52. The van der Waals surface area contributed by atoms with Crippen molar-refractivity contribution in [2.75, 3.05) is 11.9 Å². The number of rotatable bonds is 5. The van der Waals surface area contributed by atoms with Gasteiger partial charge in [-0.3, -0.25) is 4.79 Å². The highest BCUT2D eigenvalue weighted by molar-refractivity contribution is 5.99. The van der Waals surface area contributed by atoms with E-state index in [2.05, 4.69) is 5.32 Å². The molecular formula is C19H31ClN2O3. The zero-order chi connectivity index (χ0) is 18.2. The van der Waals surface area contributed by atoms with E-state index in [-0.39, 0.29) is 30.0 Å². The fourth-order valence-corrected chi connectivity index (χ4v) is 3.02. The Hall–Kier alpha value is -1.30. The van der Waals surface area contributed by atoms with Gasteiger partial charge in [0, 0.05) is 24.1 Å². The summed E-state index contributed by atoms with van der Waals surface area (Å²) in [6.07, 6.45) is 0.547. The van der Waals surface area contributed by atoms with Crippen LogP contribution < -0.4 is 15.8 Å². The Balaban J connectivity index is 0.00000312. The average molecular weight is 371 g/mol. The van der Waals surface area contributed by atoms with E-state index in [9.17, 15) is 4.79 Å². The number of ether oxygens (including phenoxy) is 2. The largest absolute Gasteiger partial charge is 0.488 e. The van der Waals surface area contributed by atoms with Gasteiger partial charge in [-0.2, -0.15) is 0 Å². The van der Waals surface area contributed by atoms with Gasteiger partial charge < -0.3 is 20.5 Å². The first-order valence-electron chi connectivity index (χ1n) is 8.50. The topological polar surface area (TPSA) is 73.6 Å². The molecule has 1 aromatic rings. The molecule has 1 saturated carbocycles. The maximum absolute atomic E-state index is 12.7. The molecule has 2 unspecified atom stereocenters. The molecule has 142 valence electrons. The summed E-state index contributed by atoms with van der Waals surface area (Å²) >= 11 is 0. The number of nitrogens with two attached hydrogens (primary N) is 1. The number of nitrogens with one attached hydrogen (secondary N) is 1. The van der Waals surface area contributed by atoms with Gasteiger partial charge in [0.1, 0.15) is 16.9 Å². The molecule has 1 aromatic carbocycles. The summed E-state index contributed by atoms with van der Waals surface area (Å²) in [5.74, 6) is 0.594. The van der Waals surface area contributed by atoms with Gasteiger partial charge >= 0.3 is 0 Å². The van der Waals surface area contributed by atoms with Crippen molar-refractivity contribution in [1.82, 2.24) is 0 Å². The van der Waals surface area contributed by atoms with Gasteiger partial charge in [0.25, 0.3) is 0 Å². The number of benzene rings is 1. The highest BCUT2D eigenvalue weighted by Crippen LogP contribution is 2.50. The SMILES string of the molecule is CCOC1CC(N)(C(=O)Nc2ccc(OC(C)(C)C)cc2)C1(C)C.Cl. The summed E-state index contributed by atoms with van der Waals surface area (Å²) in [6.45, 7) is 12.5. The Kier molecular flexibility index (Phi) is 6.54. The third kappa shape index (κ3) is 4.46. The predicted molar refractivity (Wildman–Crippen MR) is 103 cm³/mol. The Morgan fingerprint density at radius 2 is 1.84 bits per heavy atom. The van der Waals surface area contributed by atoms with E-state index in [1.807, 2.05) is 65.8 Å². The molecule has 0 spiro atoms. The van der Waals surface area contributed by atoms with E-state index < -0.39 is 11.0 Å². The first-order chi connectivity index (χ1) is 11.0. The summed E-state index contributed by atoms with van der Waals surface area (Å²) in [4.78, 5) is 12.7. The molecule has 0 heterocycles. The molecule has 3 N–H and O–H groups in total. The maximum Gasteiger partial charge on any atom is 0.245 e. The molecule has 1 amide bonds. The number of hydrogen-bond donors (Lipinski definition) is 2. The standard InChI is InChI=1S/C19H30N2O3.ClH/c1-7-23-15-12-19(20,18(15,5)6)16(22)21-13-8-10-14(11-9-13)24-17(2,3)4;/h8-11,15H,7,12,20H2,1-6H3,(H,21,22);1H. The lowest BCUT2D eigenvalue weighted by Gasteiger charge is -2.57. The second-order valence-electron chi connectivity index (χ2n) is 8.03. The smallest absolute Gasteiger partial charge is 0.245 e. The fourth-order valence-electron chi connectivity index (χ4n) is 3.02. The number of carbonyl (C=O) groups is 1. The van der Waals surface area contributed by atoms with Crippen molar-refractivity contribution in [3.63, 3.8) is 0 Å². The van der Waals surface area contributed by atoms with E-state index in [0.717, 1.165) is 5.75 Å². The van der Waals surface area contributed by atoms with Gasteiger partial charge in [0.2, 0.25) is 5.91 Å². The minimum absolute atomic E-state index is 0. The number of carbonyl (C=O) groups excluding carboxylic acids is 1. The highest BCUT2D eigenvalue weighted by Gasteiger charge is 2.62. The summed E-state index contributed by atoms with van der Waals surface area (Å²) < 4.78 is 11.5. The lowest BCUT2D eigenvalue weighted by Crippen LogP contribution is -2.74. The summed E-state index contributed by atoms with van der Waals surface area (Å²) in [7, 11) is 0. The molecule has 1 aliphatic carbocycles. The molecule has 6 heteroatoms. The Bertz CT molecular complexity index is 596. The van der Waals surface area contributed by atoms with Crippen LogP contribution in [-0.4, -0.2) is 29.8 Å². The van der Waals surface area contributed by atoms with Crippen LogP contribution in [0.5, 0.6) is 5.75 Å². The molecule has 2 atom stereocenters. The molecule has 0 saturated heterocycles. The van der Waals surface area contributed by atoms with E-state index in [1.165, 1.54) is 0 Å². The number of halogens is 1. The molecule has 0 bridgehead atoms. The maximum atomic E-state index is 12.7. The number of hydrogen-bond acceptors (Lipinski definition) is 4. The molecule has 2 rings (SSSR count). The van der Waals surface area contributed by atoms with Crippen molar-refractivity contribution < 1.29 is 14.3 Å². The van der Waals surface area contributed by atoms with Gasteiger partial charge in [0.05, 0.1) is 6.10 Å². The third-order valence-corrected chi connectivity index (χ3v) is 4.77. The monoisotopic (exact) mass is 370 g/mol. The quantitative estimate of drug-likeness (QED) is 0.827. The van der Waals surface area contributed by atoms with E-state index >= 15 is 0 Å². The predicted octanol–water partition coefficient (Wildman–Crippen LogP) is 3.76. The molecule has 0 radical (unpaired) electrons. The van der Waals surface area contributed by atoms with Crippen LogP contribution in [0.1, 0.15) is 48.0 Å². The average Bonchev–Trinajstić information content (AvgIpc) is 2.47. The van der Waals surface area contributed by atoms with Crippen molar-refractivity contribution in [3.8, 4) is 5.75 Å². The molecule has 0 aromatic heterocycles. The Morgan fingerprint density at radius 1 is 1.28 bits per heavy atom. The lowest BCUT2D eigenvalue weighted by atomic mass is 9.54. The molecule has 1 aliphatic rings. The van der Waals surface area contributed by atoms with E-state index in [1.54, 1.807) is 0 Å². The lowest BCUT2D eigenvalue weighted by molar-refractivity contribution is -0.166. The van der Waals surface area contributed by atoms with Gasteiger partial charge in [-0.05, 0) is 52.0 Å². The highest BCUT2D eigenvalue weighted by atomic mass is 35.5. The van der Waals surface area contributed by atoms with Crippen LogP contribution in [0, 0.1) is 5.41 Å². The van der Waals surface area contributed by atoms with Gasteiger partial charge in [-0.15, -0.1) is 12.4 Å². The van der Waals surface area contributed by atoms with Crippen LogP contribution >= 0.6 is 12.4 Å². The minimum atomic E-state index is -0.923. The van der Waals surface area contributed by atoms with Gasteiger partial charge in [-0.25, -0.2) is 0 Å². The van der Waals surface area contributed by atoms with Gasteiger partial charge in [-0.1, -0.05) is 13.8 Å². The molecule has 1 fully saturated rings. The zero-order valence-electron chi connectivity index (χ0n) is 16.0. The van der Waals surface area contributed by atoms with Crippen LogP contribution in [0.4, 0.5) is 5.69 Å². The normalized spacial score (nSPS) is 24.7. The Labute approximate surface area is 157 Å². The molecule has 25 heavy (non-hydrogen) atoms. The van der Waals surface area contributed by atoms with Gasteiger partial charge in [0.15, 0.2) is 0 Å². The van der Waals surface area contributed by atoms with Crippen LogP contribution in [0.15, 0.2) is 24.3 Å². The van der Waals surface area contributed by atoms with Crippen LogP contribution in [0.2, 0.25) is 0 Å².